The first-order chi connectivity index (χ1) is 18.5. The van der Waals surface area contributed by atoms with E-state index in [4.69, 9.17) is 16.3 Å². The summed E-state index contributed by atoms with van der Waals surface area (Å²) in [5.41, 5.74) is -0.558. The van der Waals surface area contributed by atoms with E-state index in [1.165, 1.54) is 34.1 Å². The van der Waals surface area contributed by atoms with E-state index in [9.17, 15) is 31.9 Å². The summed E-state index contributed by atoms with van der Waals surface area (Å²) in [6.07, 6.45) is -5.79. The maximum Gasteiger partial charge on any atom is 0.265 e. The number of carbonyl (C=O) groups excluding carboxylic acids is 3. The van der Waals surface area contributed by atoms with Crippen LogP contribution in [0.3, 0.4) is 0 Å². The van der Waals surface area contributed by atoms with Crippen molar-refractivity contribution >= 4 is 52.0 Å². The van der Waals surface area contributed by atoms with E-state index >= 15 is 0 Å². The van der Waals surface area contributed by atoms with Crippen molar-refractivity contribution in [2.45, 2.75) is 32.7 Å². The highest BCUT2D eigenvalue weighted by atomic mass is 35.5. The number of halogens is 5. The molecule has 0 spiro atoms. The molecule has 2 heterocycles. The van der Waals surface area contributed by atoms with Crippen LogP contribution in [0.2, 0.25) is 4.34 Å². The molecule has 1 atom stereocenters. The zero-order valence-electron chi connectivity index (χ0n) is 21.3. The van der Waals surface area contributed by atoms with E-state index in [1.807, 2.05) is 0 Å². The molecule has 14 heteroatoms. The molecule has 1 aromatic heterocycles. The highest BCUT2D eigenvalue weighted by molar-refractivity contribution is 7.18. The Morgan fingerprint density at radius 1 is 1.15 bits per heavy atom. The normalized spacial score (nSPS) is 14.9. The first kappa shape index (κ1) is 30.8. The smallest absolute Gasteiger partial charge is 0.265 e. The molecule has 0 unspecified atom stereocenters. The maximum atomic E-state index is 14.0. The van der Waals surface area contributed by atoms with Crippen LogP contribution in [0.4, 0.5) is 28.9 Å². The average molecular weight is 593 g/mol. The standard InChI is InChI=1S/C25H29ClF4N4O4S/c1-14(2)11-33(12-21(27)28)18(10-31-25(37)19-5-6-20(26)39-19)24(36)32-17-4-3-15(9-16(17)23(29)30)34-7-8-38-13-22(34)35/h3-6,9,14,18,21,23H,7-8,10-13H2,1-2H3,(H,31,37)(H,32,36)/t18-/m1/s1. The number of hydrogen-bond donors (Lipinski definition) is 2. The maximum absolute atomic E-state index is 14.0. The first-order valence-corrected chi connectivity index (χ1v) is 13.3. The second-order valence-corrected chi connectivity index (χ2v) is 10.9. The van der Waals surface area contributed by atoms with Gasteiger partial charge in [-0.2, -0.15) is 0 Å². The van der Waals surface area contributed by atoms with Gasteiger partial charge in [0.1, 0.15) is 12.6 Å². The van der Waals surface area contributed by atoms with Gasteiger partial charge in [0.15, 0.2) is 0 Å². The van der Waals surface area contributed by atoms with E-state index in [2.05, 4.69) is 10.6 Å². The highest BCUT2D eigenvalue weighted by Crippen LogP contribution is 2.32. The minimum atomic E-state index is -3.01. The number of morpholine rings is 1. The van der Waals surface area contributed by atoms with Crippen LogP contribution in [0.5, 0.6) is 0 Å². The molecule has 1 aliphatic heterocycles. The van der Waals surface area contributed by atoms with Crippen LogP contribution < -0.4 is 15.5 Å². The third-order valence-electron chi connectivity index (χ3n) is 5.79. The molecule has 2 aromatic rings. The largest absolute Gasteiger partial charge is 0.370 e. The summed E-state index contributed by atoms with van der Waals surface area (Å²) in [6.45, 7) is 2.77. The lowest BCUT2D eigenvalue weighted by Gasteiger charge is -2.32. The van der Waals surface area contributed by atoms with Crippen molar-refractivity contribution in [1.82, 2.24) is 10.2 Å². The first-order valence-electron chi connectivity index (χ1n) is 12.1. The Balaban J connectivity index is 1.87. The molecule has 2 N–H and O–H groups in total. The van der Waals surface area contributed by atoms with Crippen molar-refractivity contribution in [3.63, 3.8) is 0 Å². The van der Waals surface area contributed by atoms with Gasteiger partial charge in [-0.15, -0.1) is 11.3 Å². The topological polar surface area (TPSA) is 91.0 Å². The predicted octanol–water partition coefficient (Wildman–Crippen LogP) is 4.66. The lowest BCUT2D eigenvalue weighted by atomic mass is 10.1. The van der Waals surface area contributed by atoms with Crippen molar-refractivity contribution in [3.8, 4) is 0 Å². The van der Waals surface area contributed by atoms with Crippen LogP contribution in [0, 0.1) is 5.92 Å². The number of benzene rings is 1. The Hall–Kier alpha value is -2.74. The molecule has 8 nitrogen and oxygen atoms in total. The summed E-state index contributed by atoms with van der Waals surface area (Å²) < 4.78 is 60.4. The highest BCUT2D eigenvalue weighted by Gasteiger charge is 2.31. The van der Waals surface area contributed by atoms with E-state index in [1.54, 1.807) is 13.8 Å². The number of ether oxygens (including phenoxy) is 1. The molecular formula is C25H29ClF4N4O4S. The molecule has 1 fully saturated rings. The summed E-state index contributed by atoms with van der Waals surface area (Å²) in [5.74, 6) is -1.91. The predicted molar refractivity (Wildman–Crippen MR) is 141 cm³/mol. The van der Waals surface area contributed by atoms with Gasteiger partial charge in [-0.1, -0.05) is 25.4 Å². The van der Waals surface area contributed by atoms with Crippen LogP contribution in [0.25, 0.3) is 0 Å². The number of carbonyl (C=O) groups is 3. The van der Waals surface area contributed by atoms with Gasteiger partial charge in [0.2, 0.25) is 5.91 Å². The van der Waals surface area contributed by atoms with Gasteiger partial charge >= 0.3 is 0 Å². The number of nitrogens with one attached hydrogen (secondary N) is 2. The minimum absolute atomic E-state index is 0.0862. The Bertz CT molecular complexity index is 1160. The second-order valence-electron chi connectivity index (χ2n) is 9.23. The fourth-order valence-corrected chi connectivity index (χ4v) is 5.05. The summed E-state index contributed by atoms with van der Waals surface area (Å²) in [5, 5.41) is 4.99. The van der Waals surface area contributed by atoms with Gasteiger partial charge in [-0.25, -0.2) is 17.6 Å². The molecule has 0 radical (unpaired) electrons. The molecule has 1 aliphatic rings. The minimum Gasteiger partial charge on any atom is -0.370 e. The molecule has 0 aliphatic carbocycles. The molecule has 3 rings (SSSR count). The zero-order chi connectivity index (χ0) is 28.7. The molecule has 39 heavy (non-hydrogen) atoms. The number of thiophene rings is 1. The summed E-state index contributed by atoms with van der Waals surface area (Å²) in [6, 6.07) is 5.46. The van der Waals surface area contributed by atoms with E-state index in [0.29, 0.717) is 4.34 Å². The Kier molecular flexibility index (Phi) is 11.1. The molecule has 1 saturated heterocycles. The summed E-state index contributed by atoms with van der Waals surface area (Å²) in [4.78, 5) is 40.9. The molecular weight excluding hydrogens is 564 g/mol. The molecule has 214 valence electrons. The van der Waals surface area contributed by atoms with Crippen molar-refractivity contribution in [1.29, 1.82) is 0 Å². The van der Waals surface area contributed by atoms with Crippen molar-refractivity contribution in [2.75, 3.05) is 49.6 Å². The van der Waals surface area contributed by atoms with Crippen LogP contribution in [-0.4, -0.2) is 74.5 Å². The van der Waals surface area contributed by atoms with Crippen molar-refractivity contribution in [3.05, 3.63) is 45.1 Å². The van der Waals surface area contributed by atoms with E-state index in [0.717, 1.165) is 17.4 Å². The van der Waals surface area contributed by atoms with Crippen LogP contribution in [0.1, 0.15) is 35.5 Å². The van der Waals surface area contributed by atoms with Gasteiger partial charge in [0.05, 0.1) is 22.4 Å². The Morgan fingerprint density at radius 2 is 1.90 bits per heavy atom. The fraction of sp³-hybridized carbons (Fsp3) is 0.480. The Labute approximate surface area is 232 Å². The number of nitrogens with zero attached hydrogens (tertiary/aromatic N) is 2. The number of anilines is 2. The van der Waals surface area contributed by atoms with Crippen molar-refractivity contribution < 1.29 is 36.7 Å². The third kappa shape index (κ3) is 8.62. The summed E-state index contributed by atoms with van der Waals surface area (Å²) >= 11 is 6.88. The number of hydrogen-bond acceptors (Lipinski definition) is 6. The fourth-order valence-electron chi connectivity index (χ4n) is 4.10. The average Bonchev–Trinajstić information content (AvgIpc) is 3.30. The Morgan fingerprint density at radius 3 is 2.49 bits per heavy atom. The van der Waals surface area contributed by atoms with Gasteiger partial charge < -0.3 is 20.3 Å². The number of amides is 3. The summed E-state index contributed by atoms with van der Waals surface area (Å²) in [7, 11) is 0. The number of alkyl halides is 4. The molecule has 0 saturated carbocycles. The lowest BCUT2D eigenvalue weighted by molar-refractivity contribution is -0.125. The van der Waals surface area contributed by atoms with E-state index in [-0.39, 0.29) is 55.0 Å². The SMILES string of the molecule is CC(C)CN(CC(F)F)[C@H](CNC(=O)c1ccc(Cl)s1)C(=O)Nc1ccc(N2CCOCC2=O)cc1C(F)F. The lowest BCUT2D eigenvalue weighted by Crippen LogP contribution is -2.53. The van der Waals surface area contributed by atoms with Crippen molar-refractivity contribution in [2.24, 2.45) is 5.92 Å². The quantitative estimate of drug-likeness (QED) is 0.350. The van der Waals surface area contributed by atoms with Gasteiger partial charge in [-0.3, -0.25) is 19.3 Å². The molecule has 3 amide bonds. The monoisotopic (exact) mass is 592 g/mol. The second kappa shape index (κ2) is 14.1. The van der Waals surface area contributed by atoms with E-state index < -0.39 is 48.7 Å². The van der Waals surface area contributed by atoms with Gasteiger partial charge in [0.25, 0.3) is 24.7 Å². The molecule has 0 bridgehead atoms. The third-order valence-corrected chi connectivity index (χ3v) is 7.02. The van der Waals surface area contributed by atoms with Crippen LogP contribution in [-0.2, 0) is 14.3 Å². The van der Waals surface area contributed by atoms with Crippen LogP contribution >= 0.6 is 22.9 Å². The zero-order valence-corrected chi connectivity index (χ0v) is 22.8. The van der Waals surface area contributed by atoms with Gasteiger partial charge in [0, 0.05) is 36.6 Å². The van der Waals surface area contributed by atoms with Gasteiger partial charge in [-0.05, 0) is 36.2 Å². The van der Waals surface area contributed by atoms with Crippen LogP contribution in [0.15, 0.2) is 30.3 Å². The molecule has 1 aromatic carbocycles. The number of rotatable bonds is 12.